The molecule has 0 radical (unpaired) electrons. The molecule has 5 rings (SSSR count). The summed E-state index contributed by atoms with van der Waals surface area (Å²) in [7, 11) is 1.63. The average molecular weight is 379 g/mol. The van der Waals surface area contributed by atoms with Crippen molar-refractivity contribution in [3.8, 4) is 17.2 Å². The molecule has 2 aliphatic heterocycles. The molecule has 0 aromatic heterocycles. The molecule has 6 nitrogen and oxygen atoms in total. The van der Waals surface area contributed by atoms with Gasteiger partial charge in [0.15, 0.2) is 11.5 Å². The molecular formula is C22H21NO5. The Hall–Kier alpha value is -2.99. The fourth-order valence-electron chi connectivity index (χ4n) is 4.28. The highest BCUT2D eigenvalue weighted by molar-refractivity contribution is 6.18. The van der Waals surface area contributed by atoms with E-state index in [0.29, 0.717) is 23.6 Å². The molecule has 1 fully saturated rings. The molecule has 3 aromatic rings. The fourth-order valence-corrected chi connectivity index (χ4v) is 4.28. The Balaban J connectivity index is 1.76. The van der Waals surface area contributed by atoms with Crippen LogP contribution in [0.15, 0.2) is 36.4 Å². The number of rotatable bonds is 3. The lowest BCUT2D eigenvalue weighted by Crippen LogP contribution is -2.37. The molecule has 1 N–H and O–H groups in total. The summed E-state index contributed by atoms with van der Waals surface area (Å²) in [5.74, 6) is 2.06. The summed E-state index contributed by atoms with van der Waals surface area (Å²) in [5, 5.41) is 13.3. The highest BCUT2D eigenvalue weighted by atomic mass is 16.7. The van der Waals surface area contributed by atoms with E-state index in [1.165, 1.54) is 0 Å². The lowest BCUT2D eigenvalue weighted by Gasteiger charge is -2.24. The zero-order valence-corrected chi connectivity index (χ0v) is 15.6. The first-order valence-electron chi connectivity index (χ1n) is 9.45. The van der Waals surface area contributed by atoms with Crippen molar-refractivity contribution in [2.45, 2.75) is 18.9 Å². The van der Waals surface area contributed by atoms with Crippen molar-refractivity contribution in [2.75, 3.05) is 27.1 Å². The number of methoxy groups -OCH3 is 1. The standard InChI is InChI=1S/C22H21NO5/c1-26-15-4-5-16-18(9-15)17-10-21-20(27-12-28-21)8-13(17)7-19(16)22(25)23-6-2-3-14(23)11-24/h4-5,7-10,14,24H,2-3,6,11-12H2,1H3/t14-/m1/s1. The van der Waals surface area contributed by atoms with Gasteiger partial charge in [-0.3, -0.25) is 4.79 Å². The monoisotopic (exact) mass is 379 g/mol. The van der Waals surface area contributed by atoms with Crippen molar-refractivity contribution in [3.05, 3.63) is 42.0 Å². The summed E-state index contributed by atoms with van der Waals surface area (Å²) in [6.07, 6.45) is 1.75. The zero-order valence-electron chi connectivity index (χ0n) is 15.6. The Morgan fingerprint density at radius 2 is 1.96 bits per heavy atom. The molecule has 6 heteroatoms. The summed E-state index contributed by atoms with van der Waals surface area (Å²) in [6.45, 7) is 0.856. The van der Waals surface area contributed by atoms with Crippen LogP contribution in [0.4, 0.5) is 0 Å². The summed E-state index contributed by atoms with van der Waals surface area (Å²) in [4.78, 5) is 15.2. The van der Waals surface area contributed by atoms with Gasteiger partial charge in [-0.2, -0.15) is 0 Å². The summed E-state index contributed by atoms with van der Waals surface area (Å²) in [6, 6.07) is 11.4. The third-order valence-electron chi connectivity index (χ3n) is 5.73. The molecule has 28 heavy (non-hydrogen) atoms. The highest BCUT2D eigenvalue weighted by Crippen LogP contribution is 2.41. The van der Waals surface area contributed by atoms with Crippen molar-refractivity contribution in [2.24, 2.45) is 0 Å². The van der Waals surface area contributed by atoms with Gasteiger partial charge in [-0.05, 0) is 70.8 Å². The average Bonchev–Trinajstić information content (AvgIpc) is 3.39. The molecule has 3 aromatic carbocycles. The maximum absolute atomic E-state index is 13.4. The maximum Gasteiger partial charge on any atom is 0.254 e. The summed E-state index contributed by atoms with van der Waals surface area (Å²) < 4.78 is 16.5. The number of aliphatic hydroxyl groups is 1. The van der Waals surface area contributed by atoms with Gasteiger partial charge >= 0.3 is 0 Å². The van der Waals surface area contributed by atoms with E-state index in [2.05, 4.69) is 0 Å². The summed E-state index contributed by atoms with van der Waals surface area (Å²) in [5.41, 5.74) is 0.629. The Morgan fingerprint density at radius 1 is 1.14 bits per heavy atom. The van der Waals surface area contributed by atoms with Crippen LogP contribution in [0, 0.1) is 0 Å². The second-order valence-electron chi connectivity index (χ2n) is 7.24. The van der Waals surface area contributed by atoms with Gasteiger partial charge in [-0.15, -0.1) is 0 Å². The Morgan fingerprint density at radius 3 is 2.75 bits per heavy atom. The normalized spacial score (nSPS) is 18.2. The van der Waals surface area contributed by atoms with Crippen LogP contribution in [0.5, 0.6) is 17.2 Å². The zero-order chi connectivity index (χ0) is 19.3. The first kappa shape index (κ1) is 17.1. The molecule has 2 aliphatic rings. The molecular weight excluding hydrogens is 358 g/mol. The van der Waals surface area contributed by atoms with Crippen molar-refractivity contribution in [1.29, 1.82) is 0 Å². The van der Waals surface area contributed by atoms with Crippen LogP contribution in [-0.4, -0.2) is 49.0 Å². The van der Waals surface area contributed by atoms with Gasteiger partial charge in [0.05, 0.1) is 19.8 Å². The van der Waals surface area contributed by atoms with Crippen LogP contribution in [0.3, 0.4) is 0 Å². The third kappa shape index (κ3) is 2.56. The third-order valence-corrected chi connectivity index (χ3v) is 5.73. The first-order valence-corrected chi connectivity index (χ1v) is 9.45. The number of ether oxygens (including phenoxy) is 3. The molecule has 1 atom stereocenters. The smallest absolute Gasteiger partial charge is 0.254 e. The quantitative estimate of drug-likeness (QED) is 0.707. The second-order valence-corrected chi connectivity index (χ2v) is 7.24. The predicted molar refractivity (Wildman–Crippen MR) is 105 cm³/mol. The minimum Gasteiger partial charge on any atom is -0.497 e. The van der Waals surface area contributed by atoms with E-state index in [1.54, 1.807) is 12.0 Å². The van der Waals surface area contributed by atoms with Gasteiger partial charge in [0.2, 0.25) is 6.79 Å². The second kappa shape index (κ2) is 6.56. The van der Waals surface area contributed by atoms with Crippen molar-refractivity contribution >= 4 is 27.5 Å². The number of likely N-dealkylation sites (tertiary alicyclic amines) is 1. The Bertz CT molecular complexity index is 1090. The maximum atomic E-state index is 13.4. The van der Waals surface area contributed by atoms with Crippen LogP contribution in [-0.2, 0) is 0 Å². The minimum absolute atomic E-state index is 0.0102. The highest BCUT2D eigenvalue weighted by Gasteiger charge is 2.30. The number of hydrogen-bond acceptors (Lipinski definition) is 5. The van der Waals surface area contributed by atoms with Crippen molar-refractivity contribution < 1.29 is 24.1 Å². The molecule has 1 saturated heterocycles. The largest absolute Gasteiger partial charge is 0.497 e. The van der Waals surface area contributed by atoms with E-state index in [1.807, 2.05) is 36.4 Å². The molecule has 0 aliphatic carbocycles. The van der Waals surface area contributed by atoms with E-state index < -0.39 is 0 Å². The topological polar surface area (TPSA) is 68.2 Å². The number of fused-ring (bicyclic) bond motifs is 4. The van der Waals surface area contributed by atoms with Crippen LogP contribution in [0.2, 0.25) is 0 Å². The number of carbonyl (C=O) groups is 1. The van der Waals surface area contributed by atoms with E-state index in [9.17, 15) is 9.90 Å². The number of hydrogen-bond donors (Lipinski definition) is 1. The number of benzene rings is 3. The minimum atomic E-state index is -0.117. The number of aliphatic hydroxyl groups excluding tert-OH is 1. The van der Waals surface area contributed by atoms with Crippen molar-refractivity contribution in [1.82, 2.24) is 4.90 Å². The van der Waals surface area contributed by atoms with E-state index in [4.69, 9.17) is 14.2 Å². The van der Waals surface area contributed by atoms with Crippen LogP contribution < -0.4 is 14.2 Å². The van der Waals surface area contributed by atoms with Gasteiger partial charge in [0, 0.05) is 12.1 Å². The van der Waals surface area contributed by atoms with E-state index >= 15 is 0 Å². The first-order chi connectivity index (χ1) is 13.7. The van der Waals surface area contributed by atoms with Gasteiger partial charge in [-0.1, -0.05) is 0 Å². The van der Waals surface area contributed by atoms with Gasteiger partial charge < -0.3 is 24.2 Å². The van der Waals surface area contributed by atoms with E-state index in [-0.39, 0.29) is 25.3 Å². The molecule has 0 unspecified atom stereocenters. The predicted octanol–water partition coefficient (Wildman–Crippen LogP) is 3.33. The Kier molecular flexibility index (Phi) is 4.02. The van der Waals surface area contributed by atoms with Crippen molar-refractivity contribution in [3.63, 3.8) is 0 Å². The number of amides is 1. The fraction of sp³-hybridized carbons (Fsp3) is 0.318. The summed E-state index contributed by atoms with van der Waals surface area (Å²) >= 11 is 0. The van der Waals surface area contributed by atoms with Gasteiger partial charge in [0.1, 0.15) is 5.75 Å². The number of nitrogens with zero attached hydrogens (tertiary/aromatic N) is 1. The molecule has 0 saturated carbocycles. The lowest BCUT2D eigenvalue weighted by atomic mass is 9.95. The van der Waals surface area contributed by atoms with E-state index in [0.717, 1.165) is 40.1 Å². The van der Waals surface area contributed by atoms with Crippen LogP contribution in [0.1, 0.15) is 23.2 Å². The molecule has 2 heterocycles. The molecule has 1 amide bonds. The van der Waals surface area contributed by atoms with Crippen LogP contribution in [0.25, 0.3) is 21.5 Å². The van der Waals surface area contributed by atoms with Crippen LogP contribution >= 0.6 is 0 Å². The SMILES string of the molecule is COc1ccc2c(C(=O)N3CCC[C@@H]3CO)cc3cc4c(cc3c2c1)OCO4. The van der Waals surface area contributed by atoms with Gasteiger partial charge in [0.25, 0.3) is 5.91 Å². The molecule has 0 bridgehead atoms. The lowest BCUT2D eigenvalue weighted by molar-refractivity contribution is 0.0679. The molecule has 0 spiro atoms. The van der Waals surface area contributed by atoms with Gasteiger partial charge in [-0.25, -0.2) is 0 Å². The molecule has 144 valence electrons. The Labute approximate surface area is 162 Å². The number of carbonyl (C=O) groups excluding carboxylic acids is 1.